The van der Waals surface area contributed by atoms with Gasteiger partial charge in [0.05, 0.1) is 6.61 Å². The highest BCUT2D eigenvalue weighted by Gasteiger charge is 2.71. The maximum Gasteiger partial charge on any atom is 0.428 e. The molecule has 23 heavy (non-hydrogen) atoms. The molecule has 2 rings (SSSR count). The number of aliphatic hydroxyl groups is 1. The monoisotopic (exact) mass is 340 g/mol. The Balaban J connectivity index is 2.72. The Morgan fingerprint density at radius 3 is 2.30 bits per heavy atom. The van der Waals surface area contributed by atoms with Gasteiger partial charge in [0.25, 0.3) is 0 Å². The van der Waals surface area contributed by atoms with Crippen LogP contribution in [0.25, 0.3) is 0 Å². The molecule has 9 heteroatoms. The summed E-state index contributed by atoms with van der Waals surface area (Å²) < 4.78 is 70.9. The van der Waals surface area contributed by atoms with Crippen LogP contribution in [0.2, 0.25) is 0 Å². The number of benzene rings is 1. The highest BCUT2D eigenvalue weighted by atomic mass is 19.4. The minimum absolute atomic E-state index is 0.547. The molecule has 1 saturated heterocycles. The van der Waals surface area contributed by atoms with Crippen LogP contribution in [0, 0.1) is 17.6 Å². The molecule has 0 saturated carbocycles. The fourth-order valence-corrected chi connectivity index (χ4v) is 2.85. The second-order valence-electron chi connectivity index (χ2n) is 5.60. The molecule has 1 aliphatic heterocycles. The molecule has 4 nitrogen and oxygen atoms in total. The summed E-state index contributed by atoms with van der Waals surface area (Å²) in [6.07, 6.45) is -4.97. The van der Waals surface area contributed by atoms with E-state index in [4.69, 9.17) is 0 Å². The van der Waals surface area contributed by atoms with Gasteiger partial charge in [-0.3, -0.25) is 4.79 Å². The van der Waals surface area contributed by atoms with Gasteiger partial charge in [-0.25, -0.2) is 4.39 Å². The lowest BCUT2D eigenvalue weighted by atomic mass is 9.67. The molecular formula is C14H13F5O4. The molecule has 1 aromatic carbocycles. The smallest absolute Gasteiger partial charge is 0.428 e. The minimum Gasteiger partial charge on any atom is -0.505 e. The van der Waals surface area contributed by atoms with E-state index in [0.29, 0.717) is 13.0 Å². The number of alkyl halides is 3. The molecule has 1 fully saturated rings. The van der Waals surface area contributed by atoms with Crippen molar-refractivity contribution in [1.29, 1.82) is 0 Å². The van der Waals surface area contributed by atoms with Gasteiger partial charge in [0.15, 0.2) is 11.6 Å². The highest BCUT2D eigenvalue weighted by Crippen LogP contribution is 2.55. The van der Waals surface area contributed by atoms with Gasteiger partial charge in [-0.2, -0.15) is 17.6 Å². The van der Waals surface area contributed by atoms with Crippen LogP contribution < -0.4 is 0 Å². The molecule has 1 aromatic rings. The number of ether oxygens (including phenoxy) is 1. The number of hydrogen-bond acceptors (Lipinski definition) is 4. The third-order valence-corrected chi connectivity index (χ3v) is 4.60. The van der Waals surface area contributed by atoms with E-state index >= 15 is 0 Å². The number of aromatic hydroxyl groups is 1. The number of esters is 1. The first-order valence-corrected chi connectivity index (χ1v) is 6.52. The number of carbonyl (C=O) groups is 1. The second-order valence-corrected chi connectivity index (χ2v) is 5.60. The lowest BCUT2D eigenvalue weighted by molar-refractivity contribution is -0.263. The zero-order chi connectivity index (χ0) is 17.8. The maximum absolute atomic E-state index is 13.6. The van der Waals surface area contributed by atoms with Crippen molar-refractivity contribution in [2.24, 2.45) is 5.92 Å². The third kappa shape index (κ3) is 2.09. The average molecular weight is 340 g/mol. The first-order chi connectivity index (χ1) is 10.4. The molecule has 2 N–H and O–H groups in total. The van der Waals surface area contributed by atoms with Gasteiger partial charge in [0, 0.05) is 11.5 Å². The van der Waals surface area contributed by atoms with Crippen LogP contribution in [0.3, 0.4) is 0 Å². The maximum atomic E-state index is 13.6. The predicted octanol–water partition coefficient (Wildman–Crippen LogP) is 2.41. The number of aliphatic hydroxyl groups excluding tert-OH is 1. The van der Waals surface area contributed by atoms with Gasteiger partial charge >= 0.3 is 12.1 Å². The molecule has 1 heterocycles. The quantitative estimate of drug-likeness (QED) is 0.641. The lowest BCUT2D eigenvalue weighted by Gasteiger charge is -2.34. The Morgan fingerprint density at radius 2 is 1.87 bits per heavy atom. The van der Waals surface area contributed by atoms with E-state index in [1.54, 1.807) is 0 Å². The van der Waals surface area contributed by atoms with Crippen molar-refractivity contribution >= 4 is 5.97 Å². The van der Waals surface area contributed by atoms with Crippen LogP contribution in [-0.4, -0.2) is 34.6 Å². The molecule has 3 atom stereocenters. The number of phenolic OH excluding ortho intramolecular Hbond substituents is 1. The van der Waals surface area contributed by atoms with Gasteiger partial charge in [-0.1, -0.05) is 13.0 Å². The zero-order valence-corrected chi connectivity index (χ0v) is 12.0. The second kappa shape index (κ2) is 5.05. The van der Waals surface area contributed by atoms with Crippen molar-refractivity contribution < 1.29 is 41.7 Å². The molecule has 128 valence electrons. The fraction of sp³-hybridized carbons (Fsp3) is 0.500. The zero-order valence-electron chi connectivity index (χ0n) is 12.0. The molecule has 0 aromatic heterocycles. The Hall–Kier alpha value is -1.90. The minimum atomic E-state index is -4.97. The normalized spacial score (nSPS) is 31.3. The van der Waals surface area contributed by atoms with Crippen LogP contribution in [0.1, 0.15) is 19.4 Å². The Morgan fingerprint density at radius 1 is 1.30 bits per heavy atom. The van der Waals surface area contributed by atoms with Crippen molar-refractivity contribution in [1.82, 2.24) is 0 Å². The largest absolute Gasteiger partial charge is 0.505 e. The lowest BCUT2D eigenvalue weighted by Crippen LogP contribution is -2.51. The average Bonchev–Trinajstić information content (AvgIpc) is 2.66. The summed E-state index contributed by atoms with van der Waals surface area (Å²) in [4.78, 5) is 12.1. The summed E-state index contributed by atoms with van der Waals surface area (Å²) in [6, 6.07) is 1.30. The van der Waals surface area contributed by atoms with Gasteiger partial charge in [-0.05, 0) is 13.0 Å². The number of cyclic esters (lactones) is 1. The van der Waals surface area contributed by atoms with Crippen LogP contribution in [0.5, 0.6) is 5.75 Å². The van der Waals surface area contributed by atoms with Gasteiger partial charge < -0.3 is 14.9 Å². The molecule has 1 aliphatic rings. The van der Waals surface area contributed by atoms with E-state index in [1.165, 1.54) is 0 Å². The molecule has 0 spiro atoms. The van der Waals surface area contributed by atoms with Crippen molar-refractivity contribution in [2.75, 3.05) is 6.61 Å². The predicted molar refractivity (Wildman–Crippen MR) is 66.5 cm³/mol. The Kier molecular flexibility index (Phi) is 3.83. The third-order valence-electron chi connectivity index (χ3n) is 4.60. The van der Waals surface area contributed by atoms with Crippen molar-refractivity contribution in [3.8, 4) is 5.75 Å². The Labute approximate surface area is 127 Å². The van der Waals surface area contributed by atoms with Crippen molar-refractivity contribution in [3.05, 3.63) is 29.3 Å². The van der Waals surface area contributed by atoms with E-state index in [-0.39, 0.29) is 0 Å². The molecule has 0 unspecified atom stereocenters. The fourth-order valence-electron chi connectivity index (χ4n) is 2.85. The molecule has 0 bridgehead atoms. The summed E-state index contributed by atoms with van der Waals surface area (Å²) in [5.41, 5.74) is -5.99. The molecule has 0 aliphatic carbocycles. The van der Waals surface area contributed by atoms with E-state index in [1.807, 2.05) is 0 Å². The van der Waals surface area contributed by atoms with Crippen LogP contribution in [0.4, 0.5) is 22.0 Å². The van der Waals surface area contributed by atoms with Crippen LogP contribution in [0.15, 0.2) is 12.1 Å². The molecular weight excluding hydrogens is 327 g/mol. The summed E-state index contributed by atoms with van der Waals surface area (Å²) in [6.45, 7) is 0.413. The number of rotatable bonds is 2. The number of halogens is 5. The first-order valence-electron chi connectivity index (χ1n) is 6.52. The summed E-state index contributed by atoms with van der Waals surface area (Å²) in [7, 11) is 0. The first kappa shape index (κ1) is 17.5. The van der Waals surface area contributed by atoms with Crippen LogP contribution in [-0.2, 0) is 14.9 Å². The van der Waals surface area contributed by atoms with Gasteiger partial charge in [0.2, 0.25) is 11.4 Å². The number of phenols is 1. The van der Waals surface area contributed by atoms with E-state index < -0.39 is 58.6 Å². The van der Waals surface area contributed by atoms with Crippen LogP contribution >= 0.6 is 0 Å². The molecule has 0 radical (unpaired) electrons. The standard InChI is InChI=1S/C14H13F5O4/c1-6-12(2,14(17,18)19)23-11(22)13(6,5-20)7-3-4-8(15)9(16)10(7)21/h3-4,6,20-21H,5H2,1-2H3/t6-,12-,13+/m1/s1. The van der Waals surface area contributed by atoms with Crippen molar-refractivity contribution in [2.45, 2.75) is 31.0 Å². The van der Waals surface area contributed by atoms with Gasteiger partial charge in [-0.15, -0.1) is 0 Å². The van der Waals surface area contributed by atoms with E-state index in [0.717, 1.165) is 13.0 Å². The van der Waals surface area contributed by atoms with E-state index in [2.05, 4.69) is 4.74 Å². The summed E-state index contributed by atoms with van der Waals surface area (Å²) in [5, 5.41) is 19.3. The summed E-state index contributed by atoms with van der Waals surface area (Å²) in [5.74, 6) is -7.70. The SMILES string of the molecule is C[C@H]1[C@@](CO)(c2ccc(F)c(F)c2O)C(=O)O[C@@]1(C)C(F)(F)F. The Bertz CT molecular complexity index is 659. The summed E-state index contributed by atoms with van der Waals surface area (Å²) >= 11 is 0. The van der Waals surface area contributed by atoms with E-state index in [9.17, 15) is 37.0 Å². The van der Waals surface area contributed by atoms with Gasteiger partial charge in [0.1, 0.15) is 5.41 Å². The number of carbonyl (C=O) groups excluding carboxylic acids is 1. The topological polar surface area (TPSA) is 66.8 Å². The van der Waals surface area contributed by atoms with Crippen molar-refractivity contribution in [3.63, 3.8) is 0 Å². The number of hydrogen-bond donors (Lipinski definition) is 2. The highest BCUT2D eigenvalue weighted by molar-refractivity contribution is 5.88. The molecule has 0 amide bonds.